The molecule has 0 aliphatic heterocycles. The molecule has 0 heterocycles. The highest BCUT2D eigenvalue weighted by Gasteiger charge is 2.48. The van der Waals surface area contributed by atoms with Gasteiger partial charge in [-0.1, -0.05) is 349 Å². The summed E-state index contributed by atoms with van der Waals surface area (Å²) in [5, 5.41) is 4.83. The van der Waals surface area contributed by atoms with Gasteiger partial charge in [0.25, 0.3) is 0 Å². The summed E-state index contributed by atoms with van der Waals surface area (Å²) in [4.78, 5) is 5.04. The first-order valence-electron chi connectivity index (χ1n) is 39.0. The number of aryl methyl sites for hydroxylation is 5. The molecule has 0 N–H and O–H groups in total. The number of hydrogen-bond acceptors (Lipinski definition) is 2. The van der Waals surface area contributed by atoms with Crippen LogP contribution in [0.3, 0.4) is 0 Å². The van der Waals surface area contributed by atoms with E-state index in [9.17, 15) is 0 Å². The predicted octanol–water partition coefficient (Wildman–Crippen LogP) is 28.8. The average Bonchev–Trinajstić information content (AvgIpc) is 1.55. The summed E-state index contributed by atoms with van der Waals surface area (Å²) < 4.78 is 0. The smallest absolute Gasteiger partial charge is 0.0714 e. The Labute approximate surface area is 633 Å². The molecule has 0 saturated carbocycles. The summed E-state index contributed by atoms with van der Waals surface area (Å²) in [7, 11) is 0. The minimum absolute atomic E-state index is 0.556. The van der Waals surface area contributed by atoms with E-state index < -0.39 is 10.8 Å². The third-order valence-electron chi connectivity index (χ3n) is 23.4. The maximum Gasteiger partial charge on any atom is 0.0714 e. The van der Waals surface area contributed by atoms with E-state index >= 15 is 0 Å². The normalized spacial score (nSPS) is 13.8. The van der Waals surface area contributed by atoms with Gasteiger partial charge in [-0.3, -0.25) is 0 Å². The highest BCUT2D eigenvalue weighted by atomic mass is 15.1. The van der Waals surface area contributed by atoms with Crippen LogP contribution in [0.25, 0.3) is 72.1 Å². The zero-order valence-corrected chi connectivity index (χ0v) is 62.4. The number of benzene rings is 15. The van der Waals surface area contributed by atoms with E-state index in [1.807, 2.05) is 6.08 Å². The van der Waals surface area contributed by atoms with Crippen molar-refractivity contribution in [2.24, 2.45) is 0 Å². The Morgan fingerprint density at radius 1 is 0.290 bits per heavy atom. The van der Waals surface area contributed by atoms with E-state index in [1.54, 1.807) is 0 Å². The highest BCUT2D eigenvalue weighted by molar-refractivity contribution is 6.02. The Hall–Kier alpha value is -11.8. The average molecular weight is 1380 g/mol. The minimum atomic E-state index is -0.590. The fraction of sp³-hybridized carbons (Fsp3) is 0.162. The second-order valence-corrected chi connectivity index (χ2v) is 30.0. The SMILES string of the molecule is C=Cc1ccc(C2(c3ccc(C)cc3)c3ccccc3-c3ccc(N(c4ccc(-c5cc(CCCCCC)c(-c6ccc(N(c7ccc8c(c7)C(c7ccc(C)cc7)(c7ccc(C)cc7)c7ccccc7-8)c7cccc8ccccc78)cc6)cc5CCCCCC)cc4)c4cccc5ccccc45)cc32)cc1. The van der Waals surface area contributed by atoms with Crippen molar-refractivity contribution in [2.45, 2.75) is 110 Å². The molecule has 17 rings (SSSR count). The molecular weight excluding hydrogens is 1290 g/mol. The van der Waals surface area contributed by atoms with Crippen molar-refractivity contribution in [3.8, 4) is 44.5 Å². The van der Waals surface area contributed by atoms with Gasteiger partial charge in [0.05, 0.1) is 22.2 Å². The molecular formula is C105H92N2. The Kier molecular flexibility index (Phi) is 18.7. The van der Waals surface area contributed by atoms with Gasteiger partial charge in [-0.15, -0.1) is 0 Å². The largest absolute Gasteiger partial charge is 0.310 e. The summed E-state index contributed by atoms with van der Waals surface area (Å²) >= 11 is 0. The zero-order valence-electron chi connectivity index (χ0n) is 62.4. The van der Waals surface area contributed by atoms with Crippen LogP contribution in [-0.4, -0.2) is 0 Å². The number of nitrogens with zero attached hydrogens (tertiary/aromatic N) is 2. The van der Waals surface area contributed by atoms with Crippen LogP contribution in [-0.2, 0) is 23.7 Å². The van der Waals surface area contributed by atoms with Gasteiger partial charge in [0.15, 0.2) is 0 Å². The van der Waals surface area contributed by atoms with Crippen LogP contribution < -0.4 is 9.80 Å². The molecule has 0 bridgehead atoms. The molecule has 15 aromatic carbocycles. The van der Waals surface area contributed by atoms with Crippen LogP contribution in [0.1, 0.15) is 143 Å². The lowest BCUT2D eigenvalue weighted by atomic mass is 9.67. The van der Waals surface area contributed by atoms with Crippen LogP contribution in [0.5, 0.6) is 0 Å². The predicted molar refractivity (Wildman–Crippen MR) is 456 cm³/mol. The number of rotatable bonds is 23. The van der Waals surface area contributed by atoms with E-state index in [0.29, 0.717) is 0 Å². The Morgan fingerprint density at radius 2 is 0.636 bits per heavy atom. The number of hydrogen-bond donors (Lipinski definition) is 0. The van der Waals surface area contributed by atoms with Gasteiger partial charge in [-0.25, -0.2) is 0 Å². The molecule has 0 amide bonds. The van der Waals surface area contributed by atoms with Gasteiger partial charge >= 0.3 is 0 Å². The molecule has 2 aliphatic carbocycles. The van der Waals surface area contributed by atoms with E-state index in [0.717, 1.165) is 65.4 Å². The van der Waals surface area contributed by atoms with Crippen LogP contribution in [0, 0.1) is 20.8 Å². The Bertz CT molecular complexity index is 5670. The summed E-state index contributed by atoms with van der Waals surface area (Å²) in [6.45, 7) is 15.4. The van der Waals surface area contributed by atoms with Gasteiger partial charge < -0.3 is 9.80 Å². The molecule has 2 heteroatoms. The summed E-state index contributed by atoms with van der Waals surface area (Å²) in [5.74, 6) is 0. The van der Waals surface area contributed by atoms with E-state index in [-0.39, 0.29) is 0 Å². The highest BCUT2D eigenvalue weighted by Crippen LogP contribution is 2.60. The first-order chi connectivity index (χ1) is 52.7. The minimum Gasteiger partial charge on any atom is -0.310 e. The maximum absolute atomic E-state index is 4.15. The Morgan fingerprint density at radius 3 is 1.03 bits per heavy atom. The van der Waals surface area contributed by atoms with Crippen molar-refractivity contribution in [3.05, 3.63) is 412 Å². The van der Waals surface area contributed by atoms with Gasteiger partial charge in [0.2, 0.25) is 0 Å². The molecule has 522 valence electrons. The van der Waals surface area contributed by atoms with Crippen molar-refractivity contribution in [3.63, 3.8) is 0 Å². The maximum atomic E-state index is 4.15. The lowest BCUT2D eigenvalue weighted by Crippen LogP contribution is -2.29. The van der Waals surface area contributed by atoms with Crippen molar-refractivity contribution in [2.75, 3.05) is 9.80 Å². The fourth-order valence-electron chi connectivity index (χ4n) is 18.0. The van der Waals surface area contributed by atoms with Gasteiger partial charge in [0, 0.05) is 33.5 Å². The summed E-state index contributed by atoms with van der Waals surface area (Å²) in [5.41, 5.74) is 33.7. The monoisotopic (exact) mass is 1380 g/mol. The van der Waals surface area contributed by atoms with Crippen LogP contribution in [0.15, 0.2) is 334 Å². The third-order valence-corrected chi connectivity index (χ3v) is 23.4. The lowest BCUT2D eigenvalue weighted by molar-refractivity contribution is 0.664. The van der Waals surface area contributed by atoms with E-state index in [2.05, 4.69) is 379 Å². The van der Waals surface area contributed by atoms with E-state index in [1.165, 1.54) is 177 Å². The van der Waals surface area contributed by atoms with Crippen molar-refractivity contribution < 1.29 is 0 Å². The first-order valence-corrected chi connectivity index (χ1v) is 39.0. The molecule has 15 aromatic rings. The topological polar surface area (TPSA) is 6.48 Å². The summed E-state index contributed by atoms with van der Waals surface area (Å²) in [6, 6.07) is 125. The molecule has 1 unspecified atom stereocenters. The second-order valence-electron chi connectivity index (χ2n) is 30.0. The molecule has 0 aromatic heterocycles. The van der Waals surface area contributed by atoms with Crippen LogP contribution >= 0.6 is 0 Å². The molecule has 0 radical (unpaired) electrons. The molecule has 107 heavy (non-hydrogen) atoms. The molecule has 0 spiro atoms. The Balaban J connectivity index is 0.796. The molecule has 2 aliphatic rings. The van der Waals surface area contributed by atoms with E-state index in [4.69, 9.17) is 0 Å². The third kappa shape index (κ3) is 12.2. The molecule has 0 saturated heterocycles. The van der Waals surface area contributed by atoms with Gasteiger partial charge in [-0.05, 0) is 224 Å². The second kappa shape index (κ2) is 29.2. The van der Waals surface area contributed by atoms with Gasteiger partial charge in [-0.2, -0.15) is 0 Å². The quantitative estimate of drug-likeness (QED) is 0.0589. The number of unbranched alkanes of at least 4 members (excludes halogenated alkanes) is 6. The van der Waals surface area contributed by atoms with Gasteiger partial charge in [0.1, 0.15) is 0 Å². The molecule has 1 atom stereocenters. The molecule has 0 fully saturated rings. The van der Waals surface area contributed by atoms with Crippen molar-refractivity contribution in [1.82, 2.24) is 0 Å². The van der Waals surface area contributed by atoms with Crippen molar-refractivity contribution >= 4 is 61.7 Å². The number of anilines is 6. The zero-order chi connectivity index (χ0) is 72.6. The lowest BCUT2D eigenvalue weighted by Gasteiger charge is -2.35. The first kappa shape index (κ1) is 68.3. The molecule has 2 nitrogen and oxygen atoms in total. The van der Waals surface area contributed by atoms with Crippen LogP contribution in [0.2, 0.25) is 0 Å². The fourth-order valence-corrected chi connectivity index (χ4v) is 18.0. The number of fused-ring (bicyclic) bond motifs is 8. The summed E-state index contributed by atoms with van der Waals surface area (Å²) in [6.07, 6.45) is 13.4. The van der Waals surface area contributed by atoms with Crippen LogP contribution in [0.4, 0.5) is 34.1 Å². The standard InChI is InChI=1S/C105H92N2/c1-7-10-12-14-28-80-69-97(79-50-62-87(63-51-79)107(103-39-25-31-77-27-17-19-33-91(77)103)89-65-67-95-93-35-21-23-37-99(93)105(101(95)71-89,84-56-44-74(6)45-57-84)85-58-46-75(9-3)47-59-85)81(29-15-13-11-8-2)68-96(80)78-48-60-86(61-49-78)106(102-38-24-30-76-26-16-18-32-90(76)102)88-64-66-94-92-34-20-22-36-98(92)104(100(94)70-88,82-52-40-72(4)41-53-82)83-54-42-73(5)43-55-83/h9,16-27,30-71H,3,7-8,10-15,28-29H2,1-2,4-6H3. The van der Waals surface area contributed by atoms with Crippen molar-refractivity contribution in [1.29, 1.82) is 0 Å².